The van der Waals surface area contributed by atoms with Gasteiger partial charge in [-0.1, -0.05) is 39.8 Å². The van der Waals surface area contributed by atoms with E-state index >= 15 is 0 Å². The molecule has 1 aromatic carbocycles. The van der Waals surface area contributed by atoms with Crippen molar-refractivity contribution in [3.05, 3.63) is 35.4 Å². The van der Waals surface area contributed by atoms with Crippen LogP contribution in [-0.2, 0) is 11.2 Å². The minimum absolute atomic E-state index is 0.00293. The molecule has 0 bridgehead atoms. The van der Waals surface area contributed by atoms with Crippen LogP contribution < -0.4 is 10.6 Å². The summed E-state index contributed by atoms with van der Waals surface area (Å²) < 4.78 is 0. The number of aryl methyl sites for hydroxylation is 1. The summed E-state index contributed by atoms with van der Waals surface area (Å²) in [5.41, 5.74) is 1.90. The summed E-state index contributed by atoms with van der Waals surface area (Å²) in [6, 6.07) is 7.64. The molecular weight excluding hydrogens is 276 g/mol. The first kappa shape index (κ1) is 18.2. The summed E-state index contributed by atoms with van der Waals surface area (Å²) >= 11 is 0. The van der Waals surface area contributed by atoms with E-state index in [4.69, 9.17) is 0 Å². The second-order valence-corrected chi connectivity index (χ2v) is 6.75. The molecule has 0 atom stereocenters. The lowest BCUT2D eigenvalue weighted by Gasteiger charge is -2.17. The molecule has 2 amide bonds. The van der Waals surface area contributed by atoms with Gasteiger partial charge in [0.2, 0.25) is 5.91 Å². The van der Waals surface area contributed by atoms with Gasteiger partial charge in [-0.2, -0.15) is 0 Å². The third-order valence-electron chi connectivity index (χ3n) is 3.28. The number of carbonyl (C=O) groups excluding carboxylic acids is 2. The predicted molar refractivity (Wildman–Crippen MR) is 89.9 cm³/mol. The normalized spacial score (nSPS) is 11.1. The fourth-order valence-electron chi connectivity index (χ4n) is 2.06. The molecule has 0 fully saturated rings. The first-order chi connectivity index (χ1) is 10.3. The van der Waals surface area contributed by atoms with Crippen molar-refractivity contribution in [2.45, 2.75) is 47.0 Å². The Morgan fingerprint density at radius 3 is 2.14 bits per heavy atom. The third kappa shape index (κ3) is 7.25. The summed E-state index contributed by atoms with van der Waals surface area (Å²) in [4.78, 5) is 23.6. The van der Waals surface area contributed by atoms with E-state index in [2.05, 4.69) is 17.6 Å². The lowest BCUT2D eigenvalue weighted by Crippen LogP contribution is -2.31. The molecule has 122 valence electrons. The number of amides is 2. The van der Waals surface area contributed by atoms with E-state index in [1.54, 1.807) is 0 Å². The molecule has 0 unspecified atom stereocenters. The van der Waals surface area contributed by atoms with Crippen LogP contribution in [0.4, 0.5) is 0 Å². The fourth-order valence-corrected chi connectivity index (χ4v) is 2.06. The number of hydrogen-bond donors (Lipinski definition) is 2. The molecule has 0 radical (unpaired) electrons. The van der Waals surface area contributed by atoms with Crippen molar-refractivity contribution in [2.24, 2.45) is 5.41 Å². The Labute approximate surface area is 133 Å². The average Bonchev–Trinajstić information content (AvgIpc) is 2.45. The van der Waals surface area contributed by atoms with Gasteiger partial charge in [-0.15, -0.1) is 0 Å². The number of nitrogens with one attached hydrogen (secondary N) is 2. The Balaban J connectivity index is 2.21. The Morgan fingerprint density at radius 2 is 1.59 bits per heavy atom. The summed E-state index contributed by atoms with van der Waals surface area (Å²) in [6.07, 6.45) is 2.22. The molecule has 22 heavy (non-hydrogen) atoms. The van der Waals surface area contributed by atoms with E-state index in [0.29, 0.717) is 25.1 Å². The summed E-state index contributed by atoms with van der Waals surface area (Å²) in [6.45, 7) is 9.35. The van der Waals surface area contributed by atoms with E-state index in [1.165, 1.54) is 5.56 Å². The van der Waals surface area contributed by atoms with Gasteiger partial charge in [0.05, 0.1) is 0 Å². The molecular formula is C18H28N2O2. The second kappa shape index (κ2) is 8.57. The highest BCUT2D eigenvalue weighted by Crippen LogP contribution is 2.17. The van der Waals surface area contributed by atoms with E-state index in [1.807, 2.05) is 45.0 Å². The molecule has 4 heteroatoms. The van der Waals surface area contributed by atoms with E-state index in [-0.39, 0.29) is 17.2 Å². The van der Waals surface area contributed by atoms with Crippen LogP contribution in [0.2, 0.25) is 0 Å². The number of carbonyl (C=O) groups is 2. The Bertz CT molecular complexity index is 487. The number of rotatable bonds is 7. The van der Waals surface area contributed by atoms with E-state index in [9.17, 15) is 9.59 Å². The number of hydrogen-bond acceptors (Lipinski definition) is 2. The standard InChI is InChI=1S/C18H28N2O2/c1-5-14-7-9-15(10-8-14)17(22)20-12-6-11-19-16(21)13-18(2,3)4/h7-10H,5-6,11-13H2,1-4H3,(H,19,21)(H,20,22). The maximum absolute atomic E-state index is 11.9. The summed E-state index contributed by atoms with van der Waals surface area (Å²) in [7, 11) is 0. The smallest absolute Gasteiger partial charge is 0.251 e. The molecule has 0 aliphatic carbocycles. The van der Waals surface area contributed by atoms with Gasteiger partial charge in [-0.05, 0) is 36.0 Å². The fraction of sp³-hybridized carbons (Fsp3) is 0.556. The Hall–Kier alpha value is -1.84. The molecule has 4 nitrogen and oxygen atoms in total. The molecule has 0 aliphatic rings. The lowest BCUT2D eigenvalue weighted by atomic mass is 9.92. The highest BCUT2D eigenvalue weighted by atomic mass is 16.2. The molecule has 2 N–H and O–H groups in total. The predicted octanol–water partition coefficient (Wildman–Crippen LogP) is 2.92. The summed E-state index contributed by atoms with van der Waals surface area (Å²) in [5, 5.41) is 5.75. The highest BCUT2D eigenvalue weighted by Gasteiger charge is 2.15. The van der Waals surface area contributed by atoms with Crippen LogP contribution >= 0.6 is 0 Å². The monoisotopic (exact) mass is 304 g/mol. The topological polar surface area (TPSA) is 58.2 Å². The van der Waals surface area contributed by atoms with Crippen molar-refractivity contribution in [3.8, 4) is 0 Å². The van der Waals surface area contributed by atoms with Crippen LogP contribution in [0.15, 0.2) is 24.3 Å². The van der Waals surface area contributed by atoms with Gasteiger partial charge < -0.3 is 10.6 Å². The molecule has 1 rings (SSSR count). The largest absolute Gasteiger partial charge is 0.356 e. The average molecular weight is 304 g/mol. The van der Waals surface area contributed by atoms with E-state index in [0.717, 1.165) is 12.8 Å². The molecule has 0 aliphatic heterocycles. The molecule has 0 aromatic heterocycles. The molecule has 0 heterocycles. The van der Waals surface area contributed by atoms with Crippen LogP contribution in [0.1, 0.15) is 56.5 Å². The SMILES string of the molecule is CCc1ccc(C(=O)NCCCNC(=O)CC(C)(C)C)cc1. The van der Waals surface area contributed by atoms with Gasteiger partial charge >= 0.3 is 0 Å². The minimum Gasteiger partial charge on any atom is -0.356 e. The Morgan fingerprint density at radius 1 is 1.00 bits per heavy atom. The summed E-state index contributed by atoms with van der Waals surface area (Å²) in [5.74, 6) is -0.00217. The van der Waals surface area contributed by atoms with Crippen LogP contribution in [-0.4, -0.2) is 24.9 Å². The van der Waals surface area contributed by atoms with Crippen LogP contribution in [0, 0.1) is 5.41 Å². The van der Waals surface area contributed by atoms with Gasteiger partial charge in [-0.3, -0.25) is 9.59 Å². The Kier molecular flexibility index (Phi) is 7.09. The zero-order valence-electron chi connectivity index (χ0n) is 14.2. The zero-order valence-corrected chi connectivity index (χ0v) is 14.2. The number of benzene rings is 1. The van der Waals surface area contributed by atoms with Crippen LogP contribution in [0.25, 0.3) is 0 Å². The quantitative estimate of drug-likeness (QED) is 0.761. The lowest BCUT2D eigenvalue weighted by molar-refractivity contribution is -0.122. The minimum atomic E-state index is -0.0660. The van der Waals surface area contributed by atoms with Crippen molar-refractivity contribution in [2.75, 3.05) is 13.1 Å². The first-order valence-corrected chi connectivity index (χ1v) is 7.95. The molecule has 0 saturated carbocycles. The highest BCUT2D eigenvalue weighted by molar-refractivity contribution is 5.94. The third-order valence-corrected chi connectivity index (χ3v) is 3.28. The van der Waals surface area contributed by atoms with Gasteiger partial charge in [0.25, 0.3) is 5.91 Å². The van der Waals surface area contributed by atoms with Crippen molar-refractivity contribution < 1.29 is 9.59 Å². The maximum atomic E-state index is 11.9. The molecule has 0 saturated heterocycles. The maximum Gasteiger partial charge on any atom is 0.251 e. The first-order valence-electron chi connectivity index (χ1n) is 7.95. The van der Waals surface area contributed by atoms with E-state index < -0.39 is 0 Å². The van der Waals surface area contributed by atoms with Gasteiger partial charge in [-0.25, -0.2) is 0 Å². The van der Waals surface area contributed by atoms with Crippen LogP contribution in [0.3, 0.4) is 0 Å². The molecule has 1 aromatic rings. The molecule has 0 spiro atoms. The second-order valence-electron chi connectivity index (χ2n) is 6.75. The zero-order chi connectivity index (χ0) is 16.6. The van der Waals surface area contributed by atoms with Gasteiger partial charge in [0.1, 0.15) is 0 Å². The van der Waals surface area contributed by atoms with Crippen LogP contribution in [0.5, 0.6) is 0 Å². The van der Waals surface area contributed by atoms with Crippen molar-refractivity contribution in [3.63, 3.8) is 0 Å². The van der Waals surface area contributed by atoms with Crippen molar-refractivity contribution >= 4 is 11.8 Å². The van der Waals surface area contributed by atoms with Gasteiger partial charge in [0.15, 0.2) is 0 Å². The van der Waals surface area contributed by atoms with Crippen molar-refractivity contribution in [1.82, 2.24) is 10.6 Å². The van der Waals surface area contributed by atoms with Gasteiger partial charge in [0, 0.05) is 25.1 Å². The van der Waals surface area contributed by atoms with Crippen molar-refractivity contribution in [1.29, 1.82) is 0 Å².